The molecular weight excluding hydrogens is 228 g/mol. The predicted octanol–water partition coefficient (Wildman–Crippen LogP) is 1.90. The Morgan fingerprint density at radius 2 is 1.94 bits per heavy atom. The Hall–Kier alpha value is -1.13. The summed E-state index contributed by atoms with van der Waals surface area (Å²) < 4.78 is 0. The van der Waals surface area contributed by atoms with E-state index >= 15 is 0 Å². The largest absolute Gasteiger partial charge is 0.392 e. The van der Waals surface area contributed by atoms with E-state index in [2.05, 4.69) is 18.8 Å². The van der Waals surface area contributed by atoms with E-state index < -0.39 is 5.60 Å². The molecule has 0 unspecified atom stereocenters. The normalized spacial score (nSPS) is 12.0. The molecule has 102 valence electrons. The van der Waals surface area contributed by atoms with Crippen molar-refractivity contribution in [2.45, 2.75) is 45.8 Å². The second kappa shape index (κ2) is 5.67. The molecule has 0 spiro atoms. The van der Waals surface area contributed by atoms with Gasteiger partial charge in [-0.15, -0.1) is 0 Å². The molecule has 0 atom stereocenters. The maximum atomic E-state index is 9.84. The summed E-state index contributed by atoms with van der Waals surface area (Å²) in [6, 6.07) is 3.78. The van der Waals surface area contributed by atoms with Gasteiger partial charge in [0.05, 0.1) is 12.2 Å². The molecule has 0 bridgehead atoms. The summed E-state index contributed by atoms with van der Waals surface area (Å²) in [5.41, 5.74) is 1.04. The molecule has 4 nitrogen and oxygen atoms in total. The monoisotopic (exact) mass is 252 g/mol. The van der Waals surface area contributed by atoms with Crippen LogP contribution < -0.4 is 4.90 Å². The van der Waals surface area contributed by atoms with Gasteiger partial charge in [-0.2, -0.15) is 0 Å². The van der Waals surface area contributed by atoms with Crippen molar-refractivity contribution in [1.82, 2.24) is 4.98 Å². The van der Waals surface area contributed by atoms with Gasteiger partial charge in [0, 0.05) is 19.3 Å². The first-order valence-electron chi connectivity index (χ1n) is 6.28. The van der Waals surface area contributed by atoms with E-state index in [1.54, 1.807) is 13.8 Å². The van der Waals surface area contributed by atoms with Crippen LogP contribution in [-0.2, 0) is 6.61 Å². The van der Waals surface area contributed by atoms with Gasteiger partial charge < -0.3 is 15.1 Å². The lowest BCUT2D eigenvalue weighted by atomic mass is 10.1. The van der Waals surface area contributed by atoms with Crippen LogP contribution in [0, 0.1) is 0 Å². The third-order valence-corrected chi connectivity index (χ3v) is 2.68. The van der Waals surface area contributed by atoms with E-state index in [1.807, 2.05) is 24.1 Å². The Bertz CT molecular complexity index is 397. The lowest BCUT2D eigenvalue weighted by molar-refractivity contribution is 0.0884. The van der Waals surface area contributed by atoms with E-state index in [1.165, 1.54) is 0 Å². The number of aromatic nitrogens is 1. The summed E-state index contributed by atoms with van der Waals surface area (Å²) >= 11 is 0. The highest BCUT2D eigenvalue weighted by Gasteiger charge is 2.17. The fraction of sp³-hybridized carbons (Fsp3) is 0.643. The standard InChI is InChI=1S/C14H24N2O2/c1-10(2)12-6-11(8-17)7-13(15-12)16(5)9-14(3,4)18/h6-7,10,17-18H,8-9H2,1-5H3. The van der Waals surface area contributed by atoms with Gasteiger partial charge in [0.1, 0.15) is 5.82 Å². The topological polar surface area (TPSA) is 56.6 Å². The van der Waals surface area contributed by atoms with Crippen LogP contribution in [0.2, 0.25) is 0 Å². The number of aliphatic hydroxyl groups excluding tert-OH is 1. The van der Waals surface area contributed by atoms with Gasteiger partial charge in [0.15, 0.2) is 0 Å². The molecule has 0 aliphatic rings. The molecule has 0 saturated carbocycles. The molecule has 1 aromatic heterocycles. The maximum absolute atomic E-state index is 9.84. The van der Waals surface area contributed by atoms with Gasteiger partial charge in [0.2, 0.25) is 0 Å². The molecule has 0 aliphatic heterocycles. The van der Waals surface area contributed by atoms with Crippen LogP contribution in [0.25, 0.3) is 0 Å². The minimum atomic E-state index is -0.774. The first-order valence-corrected chi connectivity index (χ1v) is 6.28. The summed E-state index contributed by atoms with van der Waals surface area (Å²) in [6.45, 7) is 8.18. The van der Waals surface area contributed by atoms with Crippen LogP contribution in [0.15, 0.2) is 12.1 Å². The van der Waals surface area contributed by atoms with Gasteiger partial charge in [-0.1, -0.05) is 13.8 Å². The number of hydrogen-bond donors (Lipinski definition) is 2. The summed E-state index contributed by atoms with van der Waals surface area (Å²) in [7, 11) is 1.89. The van der Waals surface area contributed by atoms with Crippen LogP contribution in [0.1, 0.15) is 44.9 Å². The second-order valence-corrected chi connectivity index (χ2v) is 5.74. The molecule has 1 aromatic rings. The number of likely N-dealkylation sites (N-methyl/N-ethyl adjacent to an activating group) is 1. The Kier molecular flexibility index (Phi) is 4.71. The maximum Gasteiger partial charge on any atom is 0.129 e. The highest BCUT2D eigenvalue weighted by Crippen LogP contribution is 2.20. The van der Waals surface area contributed by atoms with Crippen LogP contribution in [0.3, 0.4) is 0 Å². The van der Waals surface area contributed by atoms with Crippen molar-refractivity contribution in [3.05, 3.63) is 23.4 Å². The highest BCUT2D eigenvalue weighted by molar-refractivity contribution is 5.42. The number of aliphatic hydroxyl groups is 2. The summed E-state index contributed by atoms with van der Waals surface area (Å²) in [5, 5.41) is 19.1. The van der Waals surface area contributed by atoms with E-state index in [0.717, 1.165) is 17.1 Å². The average molecular weight is 252 g/mol. The van der Waals surface area contributed by atoms with E-state index in [0.29, 0.717) is 12.5 Å². The number of rotatable bonds is 5. The van der Waals surface area contributed by atoms with Crippen molar-refractivity contribution in [2.75, 3.05) is 18.5 Å². The summed E-state index contributed by atoms with van der Waals surface area (Å²) in [4.78, 5) is 6.48. The van der Waals surface area contributed by atoms with Crippen molar-refractivity contribution < 1.29 is 10.2 Å². The zero-order chi connectivity index (χ0) is 13.9. The Balaban J connectivity index is 3.04. The summed E-state index contributed by atoms with van der Waals surface area (Å²) in [5.74, 6) is 1.10. The molecule has 1 rings (SSSR count). The fourth-order valence-electron chi connectivity index (χ4n) is 1.84. The molecule has 0 fully saturated rings. The number of nitrogens with zero attached hydrogens (tertiary/aromatic N) is 2. The highest BCUT2D eigenvalue weighted by atomic mass is 16.3. The van der Waals surface area contributed by atoms with Gasteiger partial charge in [-0.05, 0) is 37.5 Å². The quantitative estimate of drug-likeness (QED) is 0.840. The zero-order valence-electron chi connectivity index (χ0n) is 11.9. The van der Waals surface area contributed by atoms with E-state index in [4.69, 9.17) is 0 Å². The van der Waals surface area contributed by atoms with E-state index in [-0.39, 0.29) is 6.61 Å². The minimum absolute atomic E-state index is 0.00555. The van der Waals surface area contributed by atoms with Crippen LogP contribution >= 0.6 is 0 Å². The van der Waals surface area contributed by atoms with Gasteiger partial charge in [0.25, 0.3) is 0 Å². The molecular formula is C14H24N2O2. The third-order valence-electron chi connectivity index (χ3n) is 2.68. The molecule has 0 saturated heterocycles. The van der Waals surface area contributed by atoms with E-state index in [9.17, 15) is 10.2 Å². The molecule has 4 heteroatoms. The van der Waals surface area contributed by atoms with Gasteiger partial charge >= 0.3 is 0 Å². The third kappa shape index (κ3) is 4.27. The molecule has 0 aliphatic carbocycles. The molecule has 0 amide bonds. The second-order valence-electron chi connectivity index (χ2n) is 5.74. The van der Waals surface area contributed by atoms with Crippen molar-refractivity contribution in [2.24, 2.45) is 0 Å². The fourth-order valence-corrected chi connectivity index (χ4v) is 1.84. The van der Waals surface area contributed by atoms with Crippen LogP contribution in [-0.4, -0.2) is 34.4 Å². The Morgan fingerprint density at radius 1 is 1.33 bits per heavy atom. The average Bonchev–Trinajstić information content (AvgIpc) is 2.26. The molecule has 0 aromatic carbocycles. The molecule has 18 heavy (non-hydrogen) atoms. The molecule has 0 radical (unpaired) electrons. The van der Waals surface area contributed by atoms with Crippen molar-refractivity contribution >= 4 is 5.82 Å². The zero-order valence-corrected chi connectivity index (χ0v) is 11.9. The number of pyridine rings is 1. The predicted molar refractivity (Wildman–Crippen MR) is 73.8 cm³/mol. The van der Waals surface area contributed by atoms with Crippen LogP contribution in [0.5, 0.6) is 0 Å². The Morgan fingerprint density at radius 3 is 2.39 bits per heavy atom. The lowest BCUT2D eigenvalue weighted by Crippen LogP contribution is -2.36. The summed E-state index contributed by atoms with van der Waals surface area (Å²) in [6.07, 6.45) is 0. The number of hydrogen-bond acceptors (Lipinski definition) is 4. The lowest BCUT2D eigenvalue weighted by Gasteiger charge is -2.27. The Labute approximate surface area is 109 Å². The molecule has 1 heterocycles. The van der Waals surface area contributed by atoms with Crippen molar-refractivity contribution in [3.8, 4) is 0 Å². The van der Waals surface area contributed by atoms with Crippen molar-refractivity contribution in [3.63, 3.8) is 0 Å². The smallest absolute Gasteiger partial charge is 0.129 e. The number of anilines is 1. The first-order chi connectivity index (χ1) is 8.23. The SMILES string of the molecule is CC(C)c1cc(CO)cc(N(C)CC(C)(C)O)n1. The molecule has 2 N–H and O–H groups in total. The van der Waals surface area contributed by atoms with Crippen LogP contribution in [0.4, 0.5) is 5.82 Å². The van der Waals surface area contributed by atoms with Crippen molar-refractivity contribution in [1.29, 1.82) is 0 Å². The van der Waals surface area contributed by atoms with Gasteiger partial charge in [-0.3, -0.25) is 0 Å². The van der Waals surface area contributed by atoms with Gasteiger partial charge in [-0.25, -0.2) is 4.98 Å². The minimum Gasteiger partial charge on any atom is -0.392 e. The first kappa shape index (κ1) is 14.9.